The second kappa shape index (κ2) is 4.83. The minimum atomic E-state index is -1.38. The number of esters is 1. The van der Waals surface area contributed by atoms with E-state index in [0.717, 1.165) is 16.5 Å². The highest BCUT2D eigenvalue weighted by Gasteiger charge is 2.55. The average molecular weight is 314 g/mol. The van der Waals surface area contributed by atoms with Crippen molar-refractivity contribution in [1.82, 2.24) is 9.88 Å². The normalized spacial score (nSPS) is 26.3. The van der Waals surface area contributed by atoms with Gasteiger partial charge in [0.25, 0.3) is 0 Å². The van der Waals surface area contributed by atoms with Crippen LogP contribution in [0.1, 0.15) is 30.3 Å². The van der Waals surface area contributed by atoms with Crippen molar-refractivity contribution in [2.45, 2.75) is 30.9 Å². The molecule has 3 heterocycles. The van der Waals surface area contributed by atoms with E-state index in [1.807, 2.05) is 24.3 Å². The Kier molecular flexibility index (Phi) is 2.99. The van der Waals surface area contributed by atoms with Gasteiger partial charge in [0, 0.05) is 11.9 Å². The summed E-state index contributed by atoms with van der Waals surface area (Å²) in [7, 11) is 1.30. The molecule has 1 amide bonds. The Bertz CT molecular complexity index is 825. The zero-order valence-electron chi connectivity index (χ0n) is 12.8. The molecule has 0 fully saturated rings. The molecule has 120 valence electrons. The van der Waals surface area contributed by atoms with Gasteiger partial charge in [-0.2, -0.15) is 0 Å². The highest BCUT2D eigenvalue weighted by molar-refractivity contribution is 6.10. The van der Waals surface area contributed by atoms with Crippen LogP contribution in [-0.2, 0) is 26.2 Å². The number of methoxy groups -OCH3 is 1. The Balaban J connectivity index is 2.15. The molecule has 23 heavy (non-hydrogen) atoms. The van der Waals surface area contributed by atoms with Crippen molar-refractivity contribution in [1.29, 1.82) is 0 Å². The summed E-state index contributed by atoms with van der Waals surface area (Å²) in [6.45, 7) is 0.467. The Labute approximate surface area is 133 Å². The van der Waals surface area contributed by atoms with Crippen LogP contribution in [0.5, 0.6) is 0 Å². The largest absolute Gasteiger partial charge is 0.468 e. The summed E-state index contributed by atoms with van der Waals surface area (Å²) >= 11 is 0. The van der Waals surface area contributed by atoms with Gasteiger partial charge in [-0.3, -0.25) is 9.59 Å². The Morgan fingerprint density at radius 3 is 3.00 bits per heavy atom. The zero-order valence-corrected chi connectivity index (χ0v) is 12.8. The van der Waals surface area contributed by atoms with Gasteiger partial charge in [-0.1, -0.05) is 18.2 Å². The van der Waals surface area contributed by atoms with Crippen molar-refractivity contribution in [3.05, 3.63) is 35.5 Å². The van der Waals surface area contributed by atoms with Gasteiger partial charge in [-0.05, 0) is 30.9 Å². The quantitative estimate of drug-likeness (QED) is 0.608. The molecule has 6 nitrogen and oxygen atoms in total. The molecule has 2 aliphatic rings. The number of amides is 1. The third-order valence-corrected chi connectivity index (χ3v) is 5.08. The summed E-state index contributed by atoms with van der Waals surface area (Å²) in [5.41, 5.74) is 1.02. The molecule has 6 heteroatoms. The number of hydrogen-bond donors (Lipinski definition) is 2. The Morgan fingerprint density at radius 1 is 1.43 bits per heavy atom. The summed E-state index contributed by atoms with van der Waals surface area (Å²) in [4.78, 5) is 25.4. The molecule has 2 N–H and O–H groups in total. The number of rotatable bonds is 1. The molecule has 0 aliphatic carbocycles. The Hall–Kier alpha value is -2.34. The fraction of sp³-hybridized carbons (Fsp3) is 0.412. The second-order valence-electron chi connectivity index (χ2n) is 6.14. The van der Waals surface area contributed by atoms with Crippen molar-refractivity contribution in [3.8, 4) is 0 Å². The second-order valence-corrected chi connectivity index (χ2v) is 6.14. The SMILES string of the molecule is COC(=O)[C@@]12CC[C@H](O)n3c1c(c1ccccc13)CCNC2=O. The molecular weight excluding hydrogens is 296 g/mol. The van der Waals surface area contributed by atoms with E-state index in [4.69, 9.17) is 4.74 Å². The van der Waals surface area contributed by atoms with Gasteiger partial charge in [0.1, 0.15) is 6.23 Å². The van der Waals surface area contributed by atoms with Crippen molar-refractivity contribution < 1.29 is 19.4 Å². The minimum absolute atomic E-state index is 0.246. The fourth-order valence-corrected chi connectivity index (χ4v) is 4.09. The van der Waals surface area contributed by atoms with Gasteiger partial charge >= 0.3 is 5.97 Å². The molecule has 0 unspecified atom stereocenters. The van der Waals surface area contributed by atoms with E-state index in [1.165, 1.54) is 7.11 Å². The first-order valence-electron chi connectivity index (χ1n) is 7.78. The third-order valence-electron chi connectivity index (χ3n) is 5.08. The van der Waals surface area contributed by atoms with E-state index in [9.17, 15) is 14.7 Å². The van der Waals surface area contributed by atoms with Crippen LogP contribution in [0, 0.1) is 0 Å². The number of aliphatic hydroxyl groups is 1. The summed E-state index contributed by atoms with van der Waals surface area (Å²) < 4.78 is 6.74. The van der Waals surface area contributed by atoms with E-state index < -0.39 is 17.6 Å². The van der Waals surface area contributed by atoms with Crippen molar-refractivity contribution in [3.63, 3.8) is 0 Å². The van der Waals surface area contributed by atoms with Crippen molar-refractivity contribution in [2.24, 2.45) is 0 Å². The lowest BCUT2D eigenvalue weighted by Crippen LogP contribution is -2.53. The Morgan fingerprint density at radius 2 is 2.22 bits per heavy atom. The van der Waals surface area contributed by atoms with Crippen molar-refractivity contribution in [2.75, 3.05) is 13.7 Å². The number of ether oxygens (including phenoxy) is 1. The number of nitrogens with one attached hydrogen (secondary N) is 1. The van der Waals surface area contributed by atoms with Crippen LogP contribution in [0.4, 0.5) is 0 Å². The monoisotopic (exact) mass is 314 g/mol. The molecule has 4 rings (SSSR count). The molecule has 2 aromatic rings. The summed E-state index contributed by atoms with van der Waals surface area (Å²) in [5, 5.41) is 14.4. The van der Waals surface area contributed by atoms with Crippen molar-refractivity contribution >= 4 is 22.8 Å². The molecule has 1 aromatic carbocycles. The molecule has 0 saturated heterocycles. The number of fused-ring (bicyclic) bond motifs is 3. The molecule has 0 radical (unpaired) electrons. The lowest BCUT2D eigenvalue weighted by molar-refractivity contribution is -0.155. The van der Waals surface area contributed by atoms with Crippen LogP contribution in [-0.4, -0.2) is 35.2 Å². The number of carbonyl (C=O) groups is 2. The van der Waals surface area contributed by atoms with Crippen LogP contribution >= 0.6 is 0 Å². The van der Waals surface area contributed by atoms with Crippen LogP contribution < -0.4 is 5.32 Å². The zero-order chi connectivity index (χ0) is 16.2. The topological polar surface area (TPSA) is 80.6 Å². The lowest BCUT2D eigenvalue weighted by Gasteiger charge is -2.36. The van der Waals surface area contributed by atoms with Gasteiger partial charge in [0.2, 0.25) is 5.91 Å². The first-order valence-corrected chi connectivity index (χ1v) is 7.78. The molecule has 2 aliphatic heterocycles. The lowest BCUT2D eigenvalue weighted by atomic mass is 9.75. The summed E-state index contributed by atoms with van der Waals surface area (Å²) in [5.74, 6) is -0.895. The molecule has 0 saturated carbocycles. The van der Waals surface area contributed by atoms with Crippen LogP contribution in [0.15, 0.2) is 24.3 Å². The molecule has 2 atom stereocenters. The first-order chi connectivity index (χ1) is 11.1. The standard InChI is InChI=1S/C17H18N2O4/c1-23-16(22)17-8-6-13(20)19-12-5-3-2-4-10(12)11(14(17)19)7-9-18-15(17)21/h2-5,13,20H,6-9H2,1H3,(H,18,21)/t13-,17-/m0/s1. The van der Waals surface area contributed by atoms with E-state index in [0.29, 0.717) is 25.1 Å². The van der Waals surface area contributed by atoms with Gasteiger partial charge in [-0.25, -0.2) is 0 Å². The predicted octanol–water partition coefficient (Wildman–Crippen LogP) is 1.01. The number of aliphatic hydroxyl groups excluding tert-OH is 1. The first kappa shape index (κ1) is 14.3. The number of carbonyl (C=O) groups excluding carboxylic acids is 2. The van der Waals surface area contributed by atoms with Crippen LogP contribution in [0.25, 0.3) is 10.9 Å². The number of para-hydroxylation sites is 1. The number of hydrogen-bond acceptors (Lipinski definition) is 4. The third kappa shape index (κ3) is 1.67. The highest BCUT2D eigenvalue weighted by Crippen LogP contribution is 2.46. The van der Waals surface area contributed by atoms with E-state index in [1.54, 1.807) is 4.57 Å². The fourth-order valence-electron chi connectivity index (χ4n) is 4.09. The maximum Gasteiger partial charge on any atom is 0.327 e. The molecular formula is C17H18N2O4. The number of benzene rings is 1. The highest BCUT2D eigenvalue weighted by atomic mass is 16.5. The van der Waals surface area contributed by atoms with Crippen LogP contribution in [0.2, 0.25) is 0 Å². The minimum Gasteiger partial charge on any atom is -0.468 e. The predicted molar refractivity (Wildman–Crippen MR) is 82.8 cm³/mol. The molecule has 0 spiro atoms. The molecule has 0 bridgehead atoms. The summed E-state index contributed by atoms with van der Waals surface area (Å²) in [6, 6.07) is 7.71. The van der Waals surface area contributed by atoms with E-state index in [-0.39, 0.29) is 12.3 Å². The van der Waals surface area contributed by atoms with E-state index >= 15 is 0 Å². The number of aromatic nitrogens is 1. The average Bonchev–Trinajstić information content (AvgIpc) is 2.82. The van der Waals surface area contributed by atoms with Crippen LogP contribution in [0.3, 0.4) is 0 Å². The van der Waals surface area contributed by atoms with Gasteiger partial charge in [-0.15, -0.1) is 0 Å². The van der Waals surface area contributed by atoms with Gasteiger partial charge in [0.05, 0.1) is 18.3 Å². The van der Waals surface area contributed by atoms with E-state index in [2.05, 4.69) is 5.32 Å². The molecule has 1 aromatic heterocycles. The maximum absolute atomic E-state index is 12.8. The maximum atomic E-state index is 12.8. The van der Waals surface area contributed by atoms with Gasteiger partial charge < -0.3 is 19.7 Å². The van der Waals surface area contributed by atoms with Gasteiger partial charge in [0.15, 0.2) is 5.41 Å². The smallest absolute Gasteiger partial charge is 0.327 e. The summed E-state index contributed by atoms with van der Waals surface area (Å²) in [6.07, 6.45) is 0.455. The number of nitrogens with zero attached hydrogens (tertiary/aromatic N) is 1.